The van der Waals surface area contributed by atoms with Gasteiger partial charge < -0.3 is 15.3 Å². The fraction of sp³-hybridized carbons (Fsp3) is 0.833. The highest BCUT2D eigenvalue weighted by atomic mass is 16.3. The lowest BCUT2D eigenvalue weighted by molar-refractivity contribution is -0.131. The molecule has 1 aliphatic rings. The van der Waals surface area contributed by atoms with Crippen LogP contribution in [0.3, 0.4) is 0 Å². The van der Waals surface area contributed by atoms with E-state index in [2.05, 4.69) is 5.32 Å². The molecule has 1 saturated heterocycles. The molecule has 0 spiro atoms. The molecule has 4 nitrogen and oxygen atoms in total. The third-order valence-electron chi connectivity index (χ3n) is 1.68. The van der Waals surface area contributed by atoms with Crippen molar-refractivity contribution in [2.24, 2.45) is 0 Å². The van der Waals surface area contributed by atoms with Gasteiger partial charge in [0, 0.05) is 19.6 Å². The summed E-state index contributed by atoms with van der Waals surface area (Å²) in [5, 5.41) is 11.6. The summed E-state index contributed by atoms with van der Waals surface area (Å²) in [5.74, 6) is 0.0877. The van der Waals surface area contributed by atoms with Gasteiger partial charge in [-0.15, -0.1) is 0 Å². The summed E-state index contributed by atoms with van der Waals surface area (Å²) in [6.45, 7) is 1.05. The van der Waals surface area contributed by atoms with Crippen molar-refractivity contribution < 1.29 is 9.90 Å². The zero-order valence-electron chi connectivity index (χ0n) is 6.00. The minimum absolute atomic E-state index is 0.0581. The number of likely N-dealkylation sites (N-methyl/N-ethyl adjacent to an activating group) is 1. The largest absolute Gasteiger partial charge is 0.395 e. The van der Waals surface area contributed by atoms with Crippen LogP contribution in [0.1, 0.15) is 0 Å². The van der Waals surface area contributed by atoms with Gasteiger partial charge in [0.05, 0.1) is 13.2 Å². The van der Waals surface area contributed by atoms with Crippen LogP contribution in [0, 0.1) is 0 Å². The van der Waals surface area contributed by atoms with Crippen LogP contribution in [0.4, 0.5) is 0 Å². The van der Waals surface area contributed by atoms with Gasteiger partial charge in [0.1, 0.15) is 0 Å². The first-order chi connectivity index (χ1) is 4.74. The molecule has 0 unspecified atom stereocenters. The second-order valence-corrected chi connectivity index (χ2v) is 2.53. The average Bonchev–Trinajstić information content (AvgIpc) is 1.95. The van der Waals surface area contributed by atoms with Crippen molar-refractivity contribution in [2.45, 2.75) is 6.04 Å². The van der Waals surface area contributed by atoms with E-state index < -0.39 is 0 Å². The third-order valence-corrected chi connectivity index (χ3v) is 1.68. The Morgan fingerprint density at radius 3 is 3.10 bits per heavy atom. The van der Waals surface area contributed by atoms with Gasteiger partial charge in [0.15, 0.2) is 0 Å². The molecule has 1 heterocycles. The maximum atomic E-state index is 10.8. The molecule has 2 N–H and O–H groups in total. The molecule has 0 radical (unpaired) electrons. The molecule has 0 aromatic heterocycles. The van der Waals surface area contributed by atoms with Crippen molar-refractivity contribution >= 4 is 5.91 Å². The van der Waals surface area contributed by atoms with Gasteiger partial charge in [-0.2, -0.15) is 0 Å². The van der Waals surface area contributed by atoms with Crippen molar-refractivity contribution in [3.8, 4) is 0 Å². The van der Waals surface area contributed by atoms with Crippen LogP contribution in [0.5, 0.6) is 0 Å². The molecule has 1 fully saturated rings. The summed E-state index contributed by atoms with van der Waals surface area (Å²) < 4.78 is 0. The Morgan fingerprint density at radius 1 is 1.90 bits per heavy atom. The quantitative estimate of drug-likeness (QED) is 0.466. The van der Waals surface area contributed by atoms with Crippen molar-refractivity contribution in [3.63, 3.8) is 0 Å². The first-order valence-corrected chi connectivity index (χ1v) is 3.32. The van der Waals surface area contributed by atoms with Crippen LogP contribution in [-0.4, -0.2) is 48.7 Å². The first-order valence-electron chi connectivity index (χ1n) is 3.32. The number of piperazine rings is 1. The molecular formula is C6H12N2O2. The lowest BCUT2D eigenvalue weighted by Crippen LogP contribution is -2.53. The van der Waals surface area contributed by atoms with Gasteiger partial charge in [0.2, 0.25) is 5.91 Å². The van der Waals surface area contributed by atoms with E-state index in [-0.39, 0.29) is 18.6 Å². The number of hydrogen-bond acceptors (Lipinski definition) is 3. The first kappa shape index (κ1) is 7.50. The lowest BCUT2D eigenvalue weighted by atomic mass is 10.2. The second kappa shape index (κ2) is 2.98. The standard InChI is InChI=1S/C6H12N2O2/c1-8-3-5(4-9)7-2-6(8)10/h5,7,9H,2-4H2,1H3/t5-/m0/s1. The number of amides is 1. The number of rotatable bonds is 1. The van der Waals surface area contributed by atoms with E-state index in [0.717, 1.165) is 0 Å². The molecule has 1 atom stereocenters. The average molecular weight is 144 g/mol. The summed E-state index contributed by atoms with van der Waals surface area (Å²) in [4.78, 5) is 12.5. The molecule has 0 saturated carbocycles. The topological polar surface area (TPSA) is 52.6 Å². The number of aliphatic hydroxyl groups excluding tert-OH is 1. The highest BCUT2D eigenvalue weighted by molar-refractivity contribution is 5.78. The van der Waals surface area contributed by atoms with Crippen molar-refractivity contribution in [1.29, 1.82) is 0 Å². The Balaban J connectivity index is 2.40. The maximum Gasteiger partial charge on any atom is 0.236 e. The summed E-state index contributed by atoms with van der Waals surface area (Å²) in [6.07, 6.45) is 0. The molecule has 0 aliphatic carbocycles. The number of carbonyl (C=O) groups is 1. The minimum Gasteiger partial charge on any atom is -0.395 e. The predicted octanol–water partition coefficient (Wildman–Crippen LogP) is -1.59. The summed E-state index contributed by atoms with van der Waals surface area (Å²) in [6, 6.07) is 0.0581. The van der Waals surface area contributed by atoms with E-state index in [9.17, 15) is 4.79 Å². The van der Waals surface area contributed by atoms with Crippen molar-refractivity contribution in [2.75, 3.05) is 26.7 Å². The van der Waals surface area contributed by atoms with Crippen molar-refractivity contribution in [3.05, 3.63) is 0 Å². The molecule has 4 heteroatoms. The van der Waals surface area contributed by atoms with Crippen LogP contribution in [0.25, 0.3) is 0 Å². The van der Waals surface area contributed by atoms with Crippen molar-refractivity contribution in [1.82, 2.24) is 10.2 Å². The van der Waals surface area contributed by atoms with E-state index >= 15 is 0 Å². The van der Waals surface area contributed by atoms with Crippen LogP contribution in [0.15, 0.2) is 0 Å². The molecule has 0 aromatic rings. The molecule has 1 amide bonds. The van der Waals surface area contributed by atoms with Crippen LogP contribution in [-0.2, 0) is 4.79 Å². The van der Waals surface area contributed by atoms with E-state index in [4.69, 9.17) is 5.11 Å². The summed E-state index contributed by atoms with van der Waals surface area (Å²) in [5.41, 5.74) is 0. The molecule has 1 aliphatic heterocycles. The molecule has 0 aromatic carbocycles. The lowest BCUT2D eigenvalue weighted by Gasteiger charge is -2.29. The number of carbonyl (C=O) groups excluding carboxylic acids is 1. The Labute approximate surface area is 59.8 Å². The molecule has 1 rings (SSSR count). The molecule has 58 valence electrons. The SMILES string of the molecule is CN1C[C@@H](CO)NCC1=O. The second-order valence-electron chi connectivity index (χ2n) is 2.53. The third kappa shape index (κ3) is 1.46. The fourth-order valence-electron chi connectivity index (χ4n) is 0.986. The summed E-state index contributed by atoms with van der Waals surface area (Å²) in [7, 11) is 1.74. The Morgan fingerprint density at radius 2 is 2.60 bits per heavy atom. The Hall–Kier alpha value is -0.610. The number of nitrogens with one attached hydrogen (secondary N) is 1. The number of hydrogen-bond donors (Lipinski definition) is 2. The molecular weight excluding hydrogens is 132 g/mol. The number of nitrogens with zero attached hydrogens (tertiary/aromatic N) is 1. The van der Waals surface area contributed by atoms with E-state index in [1.807, 2.05) is 0 Å². The fourth-order valence-corrected chi connectivity index (χ4v) is 0.986. The van der Waals surface area contributed by atoms with Gasteiger partial charge in [-0.1, -0.05) is 0 Å². The Bertz CT molecular complexity index is 138. The smallest absolute Gasteiger partial charge is 0.236 e. The van der Waals surface area contributed by atoms with Crippen LogP contribution in [0.2, 0.25) is 0 Å². The van der Waals surface area contributed by atoms with Gasteiger partial charge >= 0.3 is 0 Å². The summed E-state index contributed by atoms with van der Waals surface area (Å²) >= 11 is 0. The van der Waals surface area contributed by atoms with Gasteiger partial charge in [0.25, 0.3) is 0 Å². The number of aliphatic hydroxyl groups is 1. The predicted molar refractivity (Wildman–Crippen MR) is 36.5 cm³/mol. The van der Waals surface area contributed by atoms with Crippen LogP contribution >= 0.6 is 0 Å². The van der Waals surface area contributed by atoms with Gasteiger partial charge in [-0.05, 0) is 0 Å². The highest BCUT2D eigenvalue weighted by Gasteiger charge is 2.20. The molecule has 10 heavy (non-hydrogen) atoms. The highest BCUT2D eigenvalue weighted by Crippen LogP contribution is 1.95. The molecule has 0 bridgehead atoms. The van der Waals surface area contributed by atoms with E-state index in [1.165, 1.54) is 0 Å². The Kier molecular flexibility index (Phi) is 2.24. The monoisotopic (exact) mass is 144 g/mol. The zero-order valence-corrected chi connectivity index (χ0v) is 6.00. The minimum atomic E-state index is 0.0581. The van der Waals surface area contributed by atoms with E-state index in [0.29, 0.717) is 13.1 Å². The normalized spacial score (nSPS) is 27.2. The van der Waals surface area contributed by atoms with E-state index in [1.54, 1.807) is 11.9 Å². The maximum absolute atomic E-state index is 10.8. The van der Waals surface area contributed by atoms with Crippen LogP contribution < -0.4 is 5.32 Å². The van der Waals surface area contributed by atoms with Gasteiger partial charge in [-0.3, -0.25) is 4.79 Å². The zero-order chi connectivity index (χ0) is 7.56. The van der Waals surface area contributed by atoms with Gasteiger partial charge in [-0.25, -0.2) is 0 Å².